The zero-order valence-corrected chi connectivity index (χ0v) is 15.5. The van der Waals surface area contributed by atoms with Gasteiger partial charge in [0.05, 0.1) is 12.6 Å². The second kappa shape index (κ2) is 9.33. The molecule has 0 aromatic heterocycles. The number of hydrogen-bond donors (Lipinski definition) is 1. The third kappa shape index (κ3) is 5.66. The van der Waals surface area contributed by atoms with Gasteiger partial charge < -0.3 is 14.9 Å². The number of amides is 2. The second-order valence-electron chi connectivity index (χ2n) is 7.03. The largest absolute Gasteiger partial charge is 0.389 e. The molecule has 0 spiro atoms. The first-order valence-corrected chi connectivity index (χ1v) is 9.43. The number of benzene rings is 2. The van der Waals surface area contributed by atoms with E-state index in [9.17, 15) is 14.7 Å². The summed E-state index contributed by atoms with van der Waals surface area (Å²) in [5.74, 6) is -0.188. The molecule has 5 heteroatoms. The van der Waals surface area contributed by atoms with Crippen molar-refractivity contribution in [3.8, 4) is 0 Å². The molecule has 1 fully saturated rings. The zero-order valence-electron chi connectivity index (χ0n) is 15.5. The monoisotopic (exact) mass is 366 g/mol. The van der Waals surface area contributed by atoms with E-state index >= 15 is 0 Å². The van der Waals surface area contributed by atoms with Crippen molar-refractivity contribution in [1.82, 2.24) is 9.80 Å². The average molecular weight is 366 g/mol. The molecule has 1 aliphatic heterocycles. The van der Waals surface area contributed by atoms with Crippen LogP contribution < -0.4 is 0 Å². The van der Waals surface area contributed by atoms with E-state index in [2.05, 4.69) is 0 Å². The summed E-state index contributed by atoms with van der Waals surface area (Å²) in [5.41, 5.74) is 2.21. The first-order chi connectivity index (χ1) is 13.1. The zero-order chi connectivity index (χ0) is 19.1. The molecule has 1 unspecified atom stereocenters. The fourth-order valence-corrected chi connectivity index (χ4v) is 3.39. The lowest BCUT2D eigenvalue weighted by Crippen LogP contribution is -2.39. The average Bonchev–Trinajstić information content (AvgIpc) is 2.82. The van der Waals surface area contributed by atoms with Crippen molar-refractivity contribution >= 4 is 11.8 Å². The molecule has 27 heavy (non-hydrogen) atoms. The minimum absolute atomic E-state index is 0.0358. The number of nitrogens with zero attached hydrogens (tertiary/aromatic N) is 2. The number of aliphatic hydroxyl groups excluding tert-OH is 1. The van der Waals surface area contributed by atoms with Gasteiger partial charge in [0.15, 0.2) is 0 Å². The molecule has 3 rings (SSSR count). The normalized spacial score (nSPS) is 17.7. The maximum atomic E-state index is 12.6. The smallest absolute Gasteiger partial charge is 0.242 e. The lowest BCUT2D eigenvalue weighted by atomic mass is 10.1. The van der Waals surface area contributed by atoms with Gasteiger partial charge in [0.25, 0.3) is 0 Å². The molecule has 0 saturated carbocycles. The highest BCUT2D eigenvalue weighted by molar-refractivity contribution is 5.85. The summed E-state index contributed by atoms with van der Waals surface area (Å²) in [4.78, 5) is 28.3. The van der Waals surface area contributed by atoms with E-state index in [4.69, 9.17) is 0 Å². The molecule has 142 valence electrons. The van der Waals surface area contributed by atoms with Crippen LogP contribution in [0.4, 0.5) is 0 Å². The lowest BCUT2D eigenvalue weighted by Gasteiger charge is -2.22. The van der Waals surface area contributed by atoms with Gasteiger partial charge in [-0.25, -0.2) is 0 Å². The Bertz CT molecular complexity index is 749. The van der Waals surface area contributed by atoms with Gasteiger partial charge >= 0.3 is 0 Å². The molecule has 1 aliphatic rings. The van der Waals surface area contributed by atoms with Crippen molar-refractivity contribution in [2.45, 2.75) is 31.9 Å². The van der Waals surface area contributed by atoms with Crippen molar-refractivity contribution in [2.24, 2.45) is 0 Å². The molecule has 2 amide bonds. The summed E-state index contributed by atoms with van der Waals surface area (Å²) in [7, 11) is 0. The Labute approximate surface area is 160 Å². The minimum atomic E-state index is -0.724. The Morgan fingerprint density at radius 3 is 2.26 bits per heavy atom. The third-order valence-electron chi connectivity index (χ3n) is 4.81. The molecule has 0 radical (unpaired) electrons. The van der Waals surface area contributed by atoms with Crippen LogP contribution in [0.5, 0.6) is 0 Å². The molecule has 0 bridgehead atoms. The summed E-state index contributed by atoms with van der Waals surface area (Å²) < 4.78 is 0. The Morgan fingerprint density at radius 1 is 0.963 bits per heavy atom. The molecule has 2 aromatic rings. The summed E-state index contributed by atoms with van der Waals surface area (Å²) in [6.45, 7) is 0.948. The SMILES string of the molecule is O=C(CCCc1ccccc1)N1CC(=O)N(Cc2ccccc2)CC(O)C1. The maximum Gasteiger partial charge on any atom is 0.242 e. The van der Waals surface area contributed by atoms with E-state index < -0.39 is 6.10 Å². The Kier molecular flexibility index (Phi) is 6.60. The van der Waals surface area contributed by atoms with E-state index in [1.165, 1.54) is 10.5 Å². The molecule has 5 nitrogen and oxygen atoms in total. The predicted molar refractivity (Wildman–Crippen MR) is 104 cm³/mol. The van der Waals surface area contributed by atoms with E-state index in [1.807, 2.05) is 60.7 Å². The molecule has 1 N–H and O–H groups in total. The molecule has 1 saturated heterocycles. The quantitative estimate of drug-likeness (QED) is 0.853. The number of carbonyl (C=O) groups is 2. The standard InChI is InChI=1S/C22H26N2O3/c25-20-15-23(14-19-10-5-2-6-11-19)22(27)17-24(16-20)21(26)13-7-12-18-8-3-1-4-9-18/h1-6,8-11,20,25H,7,12-17H2. The van der Waals surface area contributed by atoms with Gasteiger partial charge in [0.2, 0.25) is 11.8 Å². The number of β-amino-alcohol motifs (C(OH)–C–C–N with tert-alkyl or cyclic N) is 1. The summed E-state index contributed by atoms with van der Waals surface area (Å²) in [6.07, 6.45) is 1.22. The van der Waals surface area contributed by atoms with Gasteiger partial charge in [-0.05, 0) is 24.0 Å². The number of aryl methyl sites for hydroxylation is 1. The van der Waals surface area contributed by atoms with Crippen LogP contribution >= 0.6 is 0 Å². The summed E-state index contributed by atoms with van der Waals surface area (Å²) >= 11 is 0. The van der Waals surface area contributed by atoms with Gasteiger partial charge in [-0.1, -0.05) is 60.7 Å². The number of rotatable bonds is 6. The van der Waals surface area contributed by atoms with Gasteiger partial charge in [-0.2, -0.15) is 0 Å². The van der Waals surface area contributed by atoms with Crippen molar-refractivity contribution in [1.29, 1.82) is 0 Å². The Morgan fingerprint density at radius 2 is 1.59 bits per heavy atom. The molecule has 2 aromatic carbocycles. The fourth-order valence-electron chi connectivity index (χ4n) is 3.39. The number of carbonyl (C=O) groups excluding carboxylic acids is 2. The van der Waals surface area contributed by atoms with Crippen molar-refractivity contribution in [3.63, 3.8) is 0 Å². The Hall–Kier alpha value is -2.66. The van der Waals surface area contributed by atoms with E-state index in [0.29, 0.717) is 13.0 Å². The highest BCUT2D eigenvalue weighted by Gasteiger charge is 2.29. The van der Waals surface area contributed by atoms with Gasteiger partial charge in [0.1, 0.15) is 0 Å². The minimum Gasteiger partial charge on any atom is -0.389 e. The van der Waals surface area contributed by atoms with Crippen LogP contribution in [0.15, 0.2) is 60.7 Å². The highest BCUT2D eigenvalue weighted by atomic mass is 16.3. The molecule has 1 heterocycles. The topological polar surface area (TPSA) is 60.9 Å². The van der Waals surface area contributed by atoms with Crippen molar-refractivity contribution in [2.75, 3.05) is 19.6 Å². The van der Waals surface area contributed by atoms with Crippen LogP contribution in [0.25, 0.3) is 0 Å². The number of aliphatic hydroxyl groups is 1. The first kappa shape index (κ1) is 19.1. The van der Waals surface area contributed by atoms with E-state index in [-0.39, 0.29) is 31.4 Å². The van der Waals surface area contributed by atoms with Gasteiger partial charge in [0, 0.05) is 26.1 Å². The first-order valence-electron chi connectivity index (χ1n) is 9.43. The van der Waals surface area contributed by atoms with Crippen molar-refractivity contribution < 1.29 is 14.7 Å². The maximum absolute atomic E-state index is 12.6. The molecule has 1 atom stereocenters. The highest BCUT2D eigenvalue weighted by Crippen LogP contribution is 2.13. The van der Waals surface area contributed by atoms with Crippen molar-refractivity contribution in [3.05, 3.63) is 71.8 Å². The van der Waals surface area contributed by atoms with Gasteiger partial charge in [-0.15, -0.1) is 0 Å². The third-order valence-corrected chi connectivity index (χ3v) is 4.81. The molecular formula is C22H26N2O3. The number of hydrogen-bond acceptors (Lipinski definition) is 3. The lowest BCUT2D eigenvalue weighted by molar-refractivity contribution is -0.139. The van der Waals surface area contributed by atoms with Crippen LogP contribution in [-0.4, -0.2) is 52.5 Å². The van der Waals surface area contributed by atoms with Crippen LogP contribution in [0.3, 0.4) is 0 Å². The molecule has 0 aliphatic carbocycles. The second-order valence-corrected chi connectivity index (χ2v) is 7.03. The van der Waals surface area contributed by atoms with Crippen LogP contribution in [0.1, 0.15) is 24.0 Å². The predicted octanol–water partition coefficient (Wildman–Crippen LogP) is 2.24. The summed E-state index contributed by atoms with van der Waals surface area (Å²) in [6, 6.07) is 19.7. The van der Waals surface area contributed by atoms with Gasteiger partial charge in [-0.3, -0.25) is 9.59 Å². The fraction of sp³-hybridized carbons (Fsp3) is 0.364. The van der Waals surface area contributed by atoms with Crippen LogP contribution in [0, 0.1) is 0 Å². The Balaban J connectivity index is 1.54. The molecular weight excluding hydrogens is 340 g/mol. The van der Waals surface area contributed by atoms with Crippen LogP contribution in [-0.2, 0) is 22.6 Å². The summed E-state index contributed by atoms with van der Waals surface area (Å²) in [5, 5.41) is 10.3. The van der Waals surface area contributed by atoms with E-state index in [0.717, 1.165) is 18.4 Å². The van der Waals surface area contributed by atoms with Crippen LogP contribution in [0.2, 0.25) is 0 Å². The van der Waals surface area contributed by atoms with E-state index in [1.54, 1.807) is 4.90 Å².